The van der Waals surface area contributed by atoms with Crippen molar-refractivity contribution in [1.82, 2.24) is 15.0 Å². The average Bonchev–Trinajstić information content (AvgIpc) is 3.03. The zero-order valence-corrected chi connectivity index (χ0v) is 9.06. The van der Waals surface area contributed by atoms with Gasteiger partial charge in [-0.2, -0.15) is 0 Å². The lowest BCUT2D eigenvalue weighted by atomic mass is 10.2. The Morgan fingerprint density at radius 2 is 2.00 bits per heavy atom. The summed E-state index contributed by atoms with van der Waals surface area (Å²) in [7, 11) is 0. The van der Waals surface area contributed by atoms with Crippen molar-refractivity contribution in [3.05, 3.63) is 30.9 Å². The lowest BCUT2D eigenvalue weighted by molar-refractivity contribution is 0.938. The minimum atomic E-state index is 1.01. The third-order valence-corrected chi connectivity index (χ3v) is 2.99. The van der Waals surface area contributed by atoms with Crippen molar-refractivity contribution in [2.45, 2.75) is 12.8 Å². The van der Waals surface area contributed by atoms with Crippen LogP contribution in [0.2, 0.25) is 0 Å². The normalized spacial score (nSPS) is 15.6. The first-order chi connectivity index (χ1) is 7.93. The Labute approximate surface area is 94.4 Å². The summed E-state index contributed by atoms with van der Waals surface area (Å²) in [6.45, 7) is 2.27. The van der Waals surface area contributed by atoms with E-state index in [2.05, 4.69) is 32.0 Å². The SMILES string of the molecule is c1ncc(-c2ccc(N3CCCC3)nc2)[nH]1. The number of nitrogens with zero attached hydrogens (tertiary/aromatic N) is 3. The number of anilines is 1. The topological polar surface area (TPSA) is 44.8 Å². The maximum Gasteiger partial charge on any atom is 0.128 e. The molecule has 16 heavy (non-hydrogen) atoms. The lowest BCUT2D eigenvalue weighted by Gasteiger charge is -2.15. The molecule has 82 valence electrons. The summed E-state index contributed by atoms with van der Waals surface area (Å²) in [6, 6.07) is 4.18. The molecule has 2 aromatic heterocycles. The number of hydrogen-bond acceptors (Lipinski definition) is 3. The summed E-state index contributed by atoms with van der Waals surface area (Å²) in [5, 5.41) is 0. The Balaban J connectivity index is 1.84. The molecule has 1 saturated heterocycles. The molecule has 0 bridgehead atoms. The second-order valence-corrected chi connectivity index (χ2v) is 4.06. The van der Waals surface area contributed by atoms with Gasteiger partial charge in [0.15, 0.2) is 0 Å². The van der Waals surface area contributed by atoms with Crippen LogP contribution in [0.4, 0.5) is 5.82 Å². The van der Waals surface area contributed by atoms with Crippen molar-refractivity contribution in [1.29, 1.82) is 0 Å². The molecule has 1 N–H and O–H groups in total. The molecule has 2 aromatic rings. The Kier molecular flexibility index (Phi) is 2.33. The van der Waals surface area contributed by atoms with Crippen molar-refractivity contribution in [2.24, 2.45) is 0 Å². The first kappa shape index (κ1) is 9.39. The number of rotatable bonds is 2. The van der Waals surface area contributed by atoms with Gasteiger partial charge in [-0.3, -0.25) is 0 Å². The van der Waals surface area contributed by atoms with Gasteiger partial charge >= 0.3 is 0 Å². The third kappa shape index (κ3) is 1.66. The van der Waals surface area contributed by atoms with Crippen molar-refractivity contribution in [2.75, 3.05) is 18.0 Å². The maximum absolute atomic E-state index is 4.49. The van der Waals surface area contributed by atoms with Gasteiger partial charge in [0.25, 0.3) is 0 Å². The zero-order chi connectivity index (χ0) is 10.8. The summed E-state index contributed by atoms with van der Waals surface area (Å²) in [5.74, 6) is 1.08. The van der Waals surface area contributed by atoms with Gasteiger partial charge in [-0.1, -0.05) is 0 Å². The van der Waals surface area contributed by atoms with Crippen LogP contribution in [0.1, 0.15) is 12.8 Å². The molecule has 0 unspecified atom stereocenters. The molecular weight excluding hydrogens is 200 g/mol. The van der Waals surface area contributed by atoms with E-state index >= 15 is 0 Å². The Hall–Kier alpha value is -1.84. The lowest BCUT2D eigenvalue weighted by Crippen LogP contribution is -2.18. The monoisotopic (exact) mass is 214 g/mol. The van der Waals surface area contributed by atoms with Crippen LogP contribution < -0.4 is 4.90 Å². The summed E-state index contributed by atoms with van der Waals surface area (Å²) in [4.78, 5) is 13.9. The number of imidazole rings is 1. The van der Waals surface area contributed by atoms with E-state index in [-0.39, 0.29) is 0 Å². The quantitative estimate of drug-likeness (QED) is 0.832. The van der Waals surface area contributed by atoms with Crippen LogP contribution >= 0.6 is 0 Å². The molecule has 0 aromatic carbocycles. The minimum absolute atomic E-state index is 1.01. The standard InChI is InChI=1S/C12H14N4/c1-2-6-16(5-1)12-4-3-10(7-14-12)11-8-13-9-15-11/h3-4,7-9H,1-2,5-6H2,(H,13,15). The summed E-state index contributed by atoms with van der Waals surface area (Å²) >= 11 is 0. The van der Waals surface area contributed by atoms with E-state index in [4.69, 9.17) is 0 Å². The highest BCUT2D eigenvalue weighted by molar-refractivity contribution is 5.59. The first-order valence-electron chi connectivity index (χ1n) is 5.63. The molecule has 1 aliphatic rings. The van der Waals surface area contributed by atoms with Crippen LogP contribution in [0.15, 0.2) is 30.9 Å². The highest BCUT2D eigenvalue weighted by atomic mass is 15.2. The van der Waals surface area contributed by atoms with E-state index < -0.39 is 0 Å². The van der Waals surface area contributed by atoms with E-state index in [1.54, 1.807) is 6.33 Å². The van der Waals surface area contributed by atoms with E-state index in [9.17, 15) is 0 Å². The van der Waals surface area contributed by atoms with E-state index in [1.807, 2.05) is 12.4 Å². The predicted octanol–water partition coefficient (Wildman–Crippen LogP) is 2.07. The molecular formula is C12H14N4. The molecule has 0 amide bonds. The summed E-state index contributed by atoms with van der Waals surface area (Å²) in [5.41, 5.74) is 2.10. The Morgan fingerprint density at radius 1 is 1.12 bits per heavy atom. The van der Waals surface area contributed by atoms with Gasteiger partial charge in [0.1, 0.15) is 5.82 Å². The molecule has 0 spiro atoms. The fourth-order valence-corrected chi connectivity index (χ4v) is 2.09. The fourth-order valence-electron chi connectivity index (χ4n) is 2.09. The second kappa shape index (κ2) is 3.96. The summed E-state index contributed by atoms with van der Waals surface area (Å²) in [6.07, 6.45) is 7.96. The van der Waals surface area contributed by atoms with E-state index in [0.717, 1.165) is 30.2 Å². The van der Waals surface area contributed by atoms with Crippen LogP contribution in [0.5, 0.6) is 0 Å². The Morgan fingerprint density at radius 3 is 2.62 bits per heavy atom. The van der Waals surface area contributed by atoms with Gasteiger partial charge in [0.2, 0.25) is 0 Å². The number of H-pyrrole nitrogens is 1. The van der Waals surface area contributed by atoms with Crippen LogP contribution in [0.3, 0.4) is 0 Å². The molecule has 0 radical (unpaired) electrons. The second-order valence-electron chi connectivity index (χ2n) is 4.06. The van der Waals surface area contributed by atoms with Crippen LogP contribution in [0.25, 0.3) is 11.3 Å². The smallest absolute Gasteiger partial charge is 0.128 e. The molecule has 3 rings (SSSR count). The van der Waals surface area contributed by atoms with Crippen molar-refractivity contribution < 1.29 is 0 Å². The first-order valence-corrected chi connectivity index (χ1v) is 5.63. The molecule has 1 aliphatic heterocycles. The van der Waals surface area contributed by atoms with Crippen molar-refractivity contribution in [3.8, 4) is 11.3 Å². The van der Waals surface area contributed by atoms with Gasteiger partial charge in [0.05, 0.1) is 18.2 Å². The molecule has 4 nitrogen and oxygen atoms in total. The van der Waals surface area contributed by atoms with Gasteiger partial charge in [0, 0.05) is 24.8 Å². The molecule has 0 aliphatic carbocycles. The molecule has 0 saturated carbocycles. The minimum Gasteiger partial charge on any atom is -0.357 e. The van der Waals surface area contributed by atoms with Crippen molar-refractivity contribution >= 4 is 5.82 Å². The number of pyridine rings is 1. The predicted molar refractivity (Wildman–Crippen MR) is 63.3 cm³/mol. The highest BCUT2D eigenvalue weighted by Crippen LogP contribution is 2.21. The summed E-state index contributed by atoms with van der Waals surface area (Å²) < 4.78 is 0. The van der Waals surface area contributed by atoms with Crippen LogP contribution in [0, 0.1) is 0 Å². The van der Waals surface area contributed by atoms with E-state index in [1.165, 1.54) is 12.8 Å². The highest BCUT2D eigenvalue weighted by Gasteiger charge is 2.13. The van der Waals surface area contributed by atoms with Gasteiger partial charge in [-0.25, -0.2) is 9.97 Å². The van der Waals surface area contributed by atoms with Crippen LogP contribution in [-0.2, 0) is 0 Å². The van der Waals surface area contributed by atoms with Crippen LogP contribution in [-0.4, -0.2) is 28.0 Å². The van der Waals surface area contributed by atoms with Gasteiger partial charge in [-0.15, -0.1) is 0 Å². The molecule has 1 fully saturated rings. The number of aromatic amines is 1. The maximum atomic E-state index is 4.49. The third-order valence-electron chi connectivity index (χ3n) is 2.99. The molecule has 4 heteroatoms. The Bertz CT molecular complexity index is 440. The molecule has 0 atom stereocenters. The number of aromatic nitrogens is 3. The van der Waals surface area contributed by atoms with E-state index in [0.29, 0.717) is 0 Å². The average molecular weight is 214 g/mol. The molecule has 3 heterocycles. The zero-order valence-electron chi connectivity index (χ0n) is 9.06. The van der Waals surface area contributed by atoms with Crippen molar-refractivity contribution in [3.63, 3.8) is 0 Å². The number of hydrogen-bond donors (Lipinski definition) is 1. The largest absolute Gasteiger partial charge is 0.357 e. The number of nitrogens with one attached hydrogen (secondary N) is 1. The fraction of sp³-hybridized carbons (Fsp3) is 0.333. The van der Waals surface area contributed by atoms with Gasteiger partial charge in [-0.05, 0) is 25.0 Å². The van der Waals surface area contributed by atoms with Gasteiger partial charge < -0.3 is 9.88 Å².